The molecule has 0 aliphatic carbocycles. The van der Waals surface area contributed by atoms with Crippen molar-refractivity contribution in [3.8, 4) is 0 Å². The fraction of sp³-hybridized carbons (Fsp3) is 0.636. The van der Waals surface area contributed by atoms with Gasteiger partial charge in [0.15, 0.2) is 5.69 Å². The summed E-state index contributed by atoms with van der Waals surface area (Å²) in [5, 5.41) is 0. The molecule has 0 fully saturated rings. The van der Waals surface area contributed by atoms with E-state index in [4.69, 9.17) is 5.73 Å². The van der Waals surface area contributed by atoms with Crippen molar-refractivity contribution >= 4 is 11.8 Å². The molecule has 102 valence electrons. The summed E-state index contributed by atoms with van der Waals surface area (Å²) in [6.07, 6.45) is -3.31. The minimum Gasteiger partial charge on any atom is -0.326 e. The molecule has 0 saturated carbocycles. The van der Waals surface area contributed by atoms with Crippen molar-refractivity contribution in [1.82, 2.24) is 9.97 Å². The number of thioether (sulfide) groups is 1. The Morgan fingerprint density at radius 2 is 2.06 bits per heavy atom. The van der Waals surface area contributed by atoms with Crippen molar-refractivity contribution < 1.29 is 13.2 Å². The lowest BCUT2D eigenvalue weighted by Gasteiger charge is -2.11. The lowest BCUT2D eigenvalue weighted by molar-refractivity contribution is -0.142. The first-order valence-corrected chi connectivity index (χ1v) is 6.69. The molecule has 0 aliphatic rings. The Bertz CT molecular complexity index is 394. The maximum atomic E-state index is 12.7. The van der Waals surface area contributed by atoms with Gasteiger partial charge in [-0.3, -0.25) is 0 Å². The summed E-state index contributed by atoms with van der Waals surface area (Å²) >= 11 is 1.52. The minimum atomic E-state index is -4.48. The second kappa shape index (κ2) is 6.38. The van der Waals surface area contributed by atoms with Crippen molar-refractivity contribution in [2.24, 2.45) is 11.7 Å². The molecular formula is C11H16F3N3S. The molecule has 0 aliphatic heterocycles. The average Bonchev–Trinajstić information content (AvgIpc) is 2.27. The van der Waals surface area contributed by atoms with E-state index < -0.39 is 11.9 Å². The molecule has 7 heteroatoms. The van der Waals surface area contributed by atoms with E-state index in [1.807, 2.05) is 13.8 Å². The Hall–Kier alpha value is -0.820. The van der Waals surface area contributed by atoms with Gasteiger partial charge in [0.1, 0.15) is 5.82 Å². The van der Waals surface area contributed by atoms with E-state index in [0.717, 1.165) is 5.75 Å². The number of rotatable bonds is 5. The number of nitrogens with two attached hydrogens (primary N) is 1. The molecule has 0 bridgehead atoms. The van der Waals surface area contributed by atoms with E-state index in [1.165, 1.54) is 18.0 Å². The van der Waals surface area contributed by atoms with Crippen molar-refractivity contribution in [3.05, 3.63) is 23.3 Å². The Kier molecular flexibility index (Phi) is 5.40. The van der Waals surface area contributed by atoms with Gasteiger partial charge in [-0.05, 0) is 11.7 Å². The standard InChI is InChI=1S/C11H16F3N3S/c1-7(2)5-18-6-9-16-4-8(3-15)10(17-9)11(12,13)14/h4,7H,3,5-6,15H2,1-2H3. The normalized spacial score (nSPS) is 12.2. The maximum Gasteiger partial charge on any atom is 0.433 e. The molecule has 1 heterocycles. The second-order valence-electron chi connectivity index (χ2n) is 4.27. The molecule has 3 nitrogen and oxygen atoms in total. The van der Waals surface area contributed by atoms with Gasteiger partial charge in [0.05, 0.1) is 5.75 Å². The maximum absolute atomic E-state index is 12.7. The molecular weight excluding hydrogens is 263 g/mol. The summed E-state index contributed by atoms with van der Waals surface area (Å²) in [4.78, 5) is 7.48. The Morgan fingerprint density at radius 1 is 1.39 bits per heavy atom. The number of hydrogen-bond acceptors (Lipinski definition) is 4. The monoisotopic (exact) mass is 279 g/mol. The Balaban J connectivity index is 2.83. The molecule has 0 aromatic carbocycles. The van der Waals surface area contributed by atoms with Crippen LogP contribution in [0, 0.1) is 5.92 Å². The van der Waals surface area contributed by atoms with Crippen molar-refractivity contribution in [2.45, 2.75) is 32.3 Å². The molecule has 1 aromatic heterocycles. The zero-order valence-corrected chi connectivity index (χ0v) is 11.1. The number of hydrogen-bond donors (Lipinski definition) is 1. The minimum absolute atomic E-state index is 0.0693. The van der Waals surface area contributed by atoms with Crippen LogP contribution in [0.4, 0.5) is 13.2 Å². The van der Waals surface area contributed by atoms with Gasteiger partial charge in [-0.15, -0.1) is 0 Å². The van der Waals surface area contributed by atoms with Gasteiger partial charge in [-0.25, -0.2) is 9.97 Å². The van der Waals surface area contributed by atoms with Gasteiger partial charge in [0.25, 0.3) is 0 Å². The lowest BCUT2D eigenvalue weighted by atomic mass is 10.2. The van der Waals surface area contributed by atoms with Gasteiger partial charge in [-0.2, -0.15) is 24.9 Å². The Morgan fingerprint density at radius 3 is 2.56 bits per heavy atom. The zero-order chi connectivity index (χ0) is 13.8. The third-order valence-corrected chi connectivity index (χ3v) is 3.45. The molecule has 0 atom stereocenters. The number of alkyl halides is 3. The molecule has 0 unspecified atom stereocenters. The van der Waals surface area contributed by atoms with Crippen LogP contribution < -0.4 is 5.73 Å². The molecule has 2 N–H and O–H groups in total. The van der Waals surface area contributed by atoms with Crippen molar-refractivity contribution in [1.29, 1.82) is 0 Å². The van der Waals surface area contributed by atoms with Gasteiger partial charge in [0, 0.05) is 18.3 Å². The van der Waals surface area contributed by atoms with Crippen molar-refractivity contribution in [3.63, 3.8) is 0 Å². The SMILES string of the molecule is CC(C)CSCc1ncc(CN)c(C(F)(F)F)n1. The topological polar surface area (TPSA) is 51.8 Å². The summed E-state index contributed by atoms with van der Waals surface area (Å²) in [5.41, 5.74) is 4.27. The highest BCUT2D eigenvalue weighted by molar-refractivity contribution is 7.98. The fourth-order valence-corrected chi connectivity index (χ4v) is 2.20. The molecule has 0 amide bonds. The van der Waals surface area contributed by atoms with Gasteiger partial charge < -0.3 is 5.73 Å². The summed E-state index contributed by atoms with van der Waals surface area (Å²) in [5.74, 6) is 1.93. The van der Waals surface area contributed by atoms with Crippen LogP contribution in [0.1, 0.15) is 30.9 Å². The fourth-order valence-electron chi connectivity index (χ4n) is 1.29. The third-order valence-electron chi connectivity index (χ3n) is 2.09. The van der Waals surface area contributed by atoms with E-state index >= 15 is 0 Å². The number of nitrogens with zero attached hydrogens (tertiary/aromatic N) is 2. The predicted octanol–water partition coefficient (Wildman–Crippen LogP) is 2.84. The summed E-state index contributed by atoms with van der Waals surface area (Å²) in [6, 6.07) is 0. The summed E-state index contributed by atoms with van der Waals surface area (Å²) in [6.45, 7) is 3.88. The molecule has 1 rings (SSSR count). The van der Waals surface area contributed by atoms with E-state index in [2.05, 4.69) is 9.97 Å². The van der Waals surface area contributed by atoms with Gasteiger partial charge in [0.2, 0.25) is 0 Å². The molecule has 18 heavy (non-hydrogen) atoms. The van der Waals surface area contributed by atoms with Crippen LogP contribution in [0.15, 0.2) is 6.20 Å². The number of halogens is 3. The van der Waals surface area contributed by atoms with E-state index in [-0.39, 0.29) is 17.9 Å². The van der Waals surface area contributed by atoms with Crippen LogP contribution in [0.25, 0.3) is 0 Å². The first-order valence-electron chi connectivity index (χ1n) is 5.54. The van der Waals surface area contributed by atoms with Gasteiger partial charge in [-0.1, -0.05) is 13.8 Å². The third kappa shape index (κ3) is 4.45. The first-order chi connectivity index (χ1) is 8.34. The van der Waals surface area contributed by atoms with E-state index in [0.29, 0.717) is 11.7 Å². The molecule has 1 aromatic rings. The zero-order valence-electron chi connectivity index (χ0n) is 10.3. The molecule has 0 spiro atoms. The quantitative estimate of drug-likeness (QED) is 0.900. The van der Waals surface area contributed by atoms with Gasteiger partial charge >= 0.3 is 6.18 Å². The first kappa shape index (κ1) is 15.2. The Labute approximate surface area is 108 Å². The highest BCUT2D eigenvalue weighted by Crippen LogP contribution is 2.30. The molecule has 0 saturated heterocycles. The van der Waals surface area contributed by atoms with Crippen LogP contribution in [-0.2, 0) is 18.5 Å². The summed E-state index contributed by atoms with van der Waals surface area (Å²) < 4.78 is 38.1. The van der Waals surface area contributed by atoms with Crippen LogP contribution in [-0.4, -0.2) is 15.7 Å². The predicted molar refractivity (Wildman–Crippen MR) is 65.9 cm³/mol. The largest absolute Gasteiger partial charge is 0.433 e. The van der Waals surface area contributed by atoms with Crippen molar-refractivity contribution in [2.75, 3.05) is 5.75 Å². The average molecular weight is 279 g/mol. The van der Waals surface area contributed by atoms with Crippen LogP contribution in [0.5, 0.6) is 0 Å². The smallest absolute Gasteiger partial charge is 0.326 e. The summed E-state index contributed by atoms with van der Waals surface area (Å²) in [7, 11) is 0. The van der Waals surface area contributed by atoms with Crippen LogP contribution in [0.3, 0.4) is 0 Å². The number of aromatic nitrogens is 2. The lowest BCUT2D eigenvalue weighted by Crippen LogP contribution is -2.16. The van der Waals surface area contributed by atoms with Crippen LogP contribution >= 0.6 is 11.8 Å². The molecule has 0 radical (unpaired) electrons. The second-order valence-corrected chi connectivity index (χ2v) is 5.30. The van der Waals surface area contributed by atoms with E-state index in [1.54, 1.807) is 0 Å². The highest BCUT2D eigenvalue weighted by atomic mass is 32.2. The van der Waals surface area contributed by atoms with Crippen LogP contribution in [0.2, 0.25) is 0 Å². The van der Waals surface area contributed by atoms with E-state index in [9.17, 15) is 13.2 Å². The highest BCUT2D eigenvalue weighted by Gasteiger charge is 2.35.